The third-order valence-corrected chi connectivity index (χ3v) is 5.07. The minimum Gasteiger partial charge on any atom is -0.295 e. The average Bonchev–Trinajstić information content (AvgIpc) is 3.03. The largest absolute Gasteiger partial charge is 0.295 e. The molecular formula is C16H15N5O2S2. The first-order valence-electron chi connectivity index (χ1n) is 7.52. The summed E-state index contributed by atoms with van der Waals surface area (Å²) in [6.45, 7) is 3.77. The summed E-state index contributed by atoms with van der Waals surface area (Å²) in [7, 11) is 0. The van der Waals surface area contributed by atoms with Crippen LogP contribution in [0.4, 0.5) is 5.13 Å². The molecule has 2 heterocycles. The number of amides is 1. The van der Waals surface area contributed by atoms with Crippen LogP contribution < -0.4 is 10.7 Å². The molecule has 0 bridgehead atoms. The number of aryl methyl sites for hydroxylation is 1. The summed E-state index contributed by atoms with van der Waals surface area (Å²) >= 11 is 2.80. The Morgan fingerprint density at radius 3 is 2.76 bits per heavy atom. The molecule has 9 heteroatoms. The highest BCUT2D eigenvalue weighted by Crippen LogP contribution is 2.25. The van der Waals surface area contributed by atoms with Gasteiger partial charge in [0.2, 0.25) is 10.6 Å². The number of para-hydroxylation sites is 1. The third kappa shape index (κ3) is 3.94. The lowest BCUT2D eigenvalue weighted by Gasteiger charge is -2.10. The van der Waals surface area contributed by atoms with Crippen molar-refractivity contribution in [1.29, 1.82) is 0 Å². The number of nitrogens with one attached hydrogen (secondary N) is 1. The van der Waals surface area contributed by atoms with Crippen LogP contribution in [0.3, 0.4) is 0 Å². The van der Waals surface area contributed by atoms with E-state index < -0.39 is 11.3 Å². The molecule has 3 rings (SSSR count). The molecule has 0 radical (unpaired) electrons. The van der Waals surface area contributed by atoms with Crippen LogP contribution in [0, 0.1) is 6.92 Å². The Morgan fingerprint density at radius 2 is 2.04 bits per heavy atom. The predicted molar refractivity (Wildman–Crippen MR) is 98.8 cm³/mol. The molecule has 2 aromatic heterocycles. The minimum atomic E-state index is -0.598. The fourth-order valence-electron chi connectivity index (χ4n) is 2.13. The number of nitrogens with zero attached hydrogens (tertiary/aromatic N) is 4. The fourth-order valence-corrected chi connectivity index (χ4v) is 3.78. The summed E-state index contributed by atoms with van der Waals surface area (Å²) in [4.78, 5) is 24.6. The molecule has 3 aromatic rings. The lowest BCUT2D eigenvalue weighted by Crippen LogP contribution is -2.26. The molecule has 0 aliphatic heterocycles. The monoisotopic (exact) mass is 373 g/mol. The Balaban J connectivity index is 1.90. The molecule has 0 aliphatic rings. The summed E-state index contributed by atoms with van der Waals surface area (Å²) in [5, 5.41) is 15.0. The Kier molecular flexibility index (Phi) is 5.25. The third-order valence-electron chi connectivity index (χ3n) is 3.22. The Bertz CT molecular complexity index is 953. The van der Waals surface area contributed by atoms with E-state index in [0.717, 1.165) is 15.8 Å². The van der Waals surface area contributed by atoms with Crippen molar-refractivity contribution in [1.82, 2.24) is 20.0 Å². The first-order chi connectivity index (χ1) is 12.1. The van der Waals surface area contributed by atoms with Gasteiger partial charge < -0.3 is 0 Å². The van der Waals surface area contributed by atoms with E-state index in [4.69, 9.17) is 0 Å². The van der Waals surface area contributed by atoms with Gasteiger partial charge in [-0.3, -0.25) is 14.9 Å². The lowest BCUT2D eigenvalue weighted by atomic mass is 10.3. The van der Waals surface area contributed by atoms with Gasteiger partial charge in [-0.1, -0.05) is 48.2 Å². The highest BCUT2D eigenvalue weighted by molar-refractivity contribution is 8.01. The summed E-state index contributed by atoms with van der Waals surface area (Å²) in [5.41, 5.74) is 0.793. The molecule has 128 valence electrons. The van der Waals surface area contributed by atoms with E-state index in [1.807, 2.05) is 37.3 Å². The van der Waals surface area contributed by atoms with Crippen LogP contribution in [-0.2, 0) is 0 Å². The molecule has 0 aliphatic carbocycles. The van der Waals surface area contributed by atoms with Crippen molar-refractivity contribution in [3.8, 4) is 5.69 Å². The average molecular weight is 373 g/mol. The lowest BCUT2D eigenvalue weighted by molar-refractivity contribution is 0.101. The predicted octanol–water partition coefficient (Wildman–Crippen LogP) is 2.76. The Morgan fingerprint density at radius 1 is 1.28 bits per heavy atom. The second-order valence-electron chi connectivity index (χ2n) is 5.01. The van der Waals surface area contributed by atoms with Crippen LogP contribution in [-0.4, -0.2) is 31.6 Å². The number of hydrogen-bond acceptors (Lipinski definition) is 7. The highest BCUT2D eigenvalue weighted by atomic mass is 32.2. The number of hydrogen-bond donors (Lipinski definition) is 1. The molecule has 0 saturated carbocycles. The summed E-state index contributed by atoms with van der Waals surface area (Å²) in [6.07, 6.45) is 0. The zero-order valence-electron chi connectivity index (χ0n) is 13.6. The van der Waals surface area contributed by atoms with E-state index in [1.165, 1.54) is 29.2 Å². The molecule has 0 spiro atoms. The number of carbonyl (C=O) groups is 1. The van der Waals surface area contributed by atoms with E-state index in [0.29, 0.717) is 10.8 Å². The van der Waals surface area contributed by atoms with Crippen LogP contribution >= 0.6 is 23.1 Å². The number of thioether (sulfide) groups is 1. The van der Waals surface area contributed by atoms with Gasteiger partial charge in [0, 0.05) is 11.8 Å². The SMILES string of the molecule is CCSc1nnc(NC(=O)c2nn(-c3ccccc3)c(C)cc2=O)s1. The summed E-state index contributed by atoms with van der Waals surface area (Å²) in [5.74, 6) is 0.267. The zero-order valence-corrected chi connectivity index (χ0v) is 15.2. The molecule has 0 fully saturated rings. The van der Waals surface area contributed by atoms with Crippen LogP contribution in [0.15, 0.2) is 45.5 Å². The molecule has 1 amide bonds. The Hall–Kier alpha value is -2.52. The van der Waals surface area contributed by atoms with E-state index in [1.54, 1.807) is 11.6 Å². The van der Waals surface area contributed by atoms with Crippen molar-refractivity contribution in [3.63, 3.8) is 0 Å². The van der Waals surface area contributed by atoms with Crippen LogP contribution in [0.1, 0.15) is 23.1 Å². The number of rotatable bonds is 5. The second kappa shape index (κ2) is 7.58. The maximum Gasteiger partial charge on any atom is 0.282 e. The van der Waals surface area contributed by atoms with Crippen LogP contribution in [0.25, 0.3) is 5.69 Å². The smallest absolute Gasteiger partial charge is 0.282 e. The maximum absolute atomic E-state index is 12.4. The van der Waals surface area contributed by atoms with Gasteiger partial charge in [0.25, 0.3) is 5.91 Å². The molecule has 1 N–H and O–H groups in total. The highest BCUT2D eigenvalue weighted by Gasteiger charge is 2.17. The number of aromatic nitrogens is 4. The van der Waals surface area contributed by atoms with Gasteiger partial charge in [0.1, 0.15) is 0 Å². The second-order valence-corrected chi connectivity index (χ2v) is 7.49. The molecule has 1 aromatic carbocycles. The summed E-state index contributed by atoms with van der Waals surface area (Å²) < 4.78 is 2.32. The quantitative estimate of drug-likeness (QED) is 0.546. The minimum absolute atomic E-state index is 0.186. The van der Waals surface area contributed by atoms with E-state index in [2.05, 4.69) is 20.6 Å². The molecule has 0 atom stereocenters. The van der Waals surface area contributed by atoms with Gasteiger partial charge in [-0.15, -0.1) is 10.2 Å². The van der Waals surface area contributed by atoms with Crippen molar-refractivity contribution in [2.24, 2.45) is 0 Å². The van der Waals surface area contributed by atoms with Gasteiger partial charge in [-0.05, 0) is 24.8 Å². The molecule has 7 nitrogen and oxygen atoms in total. The van der Waals surface area contributed by atoms with Gasteiger partial charge in [0.05, 0.1) is 5.69 Å². The first-order valence-corrected chi connectivity index (χ1v) is 9.32. The van der Waals surface area contributed by atoms with Gasteiger partial charge >= 0.3 is 0 Å². The Labute approximate surface area is 152 Å². The van der Waals surface area contributed by atoms with Gasteiger partial charge in [-0.2, -0.15) is 5.10 Å². The normalized spacial score (nSPS) is 10.6. The van der Waals surface area contributed by atoms with Crippen molar-refractivity contribution in [3.05, 3.63) is 58.0 Å². The fraction of sp³-hybridized carbons (Fsp3) is 0.188. The standard InChI is InChI=1S/C16H15N5O2S2/c1-3-24-16-19-18-15(25-16)17-14(23)13-12(22)9-10(2)21(20-13)11-7-5-4-6-8-11/h4-9H,3H2,1-2H3,(H,17,18,23). The van der Waals surface area contributed by atoms with Crippen molar-refractivity contribution in [2.75, 3.05) is 11.1 Å². The topological polar surface area (TPSA) is 89.8 Å². The first kappa shape index (κ1) is 17.3. The van der Waals surface area contributed by atoms with E-state index in [-0.39, 0.29) is 5.69 Å². The number of benzene rings is 1. The molecule has 0 saturated heterocycles. The van der Waals surface area contributed by atoms with E-state index >= 15 is 0 Å². The molecule has 0 unspecified atom stereocenters. The maximum atomic E-state index is 12.4. The molecule has 25 heavy (non-hydrogen) atoms. The number of carbonyl (C=O) groups excluding carboxylic acids is 1. The summed E-state index contributed by atoms with van der Waals surface area (Å²) in [6, 6.07) is 10.7. The van der Waals surface area contributed by atoms with Crippen molar-refractivity contribution < 1.29 is 4.79 Å². The van der Waals surface area contributed by atoms with Gasteiger partial charge in [-0.25, -0.2) is 4.68 Å². The number of anilines is 1. The van der Waals surface area contributed by atoms with Crippen LogP contribution in [0.5, 0.6) is 0 Å². The molecular weight excluding hydrogens is 358 g/mol. The van der Waals surface area contributed by atoms with Gasteiger partial charge in [0.15, 0.2) is 10.0 Å². The van der Waals surface area contributed by atoms with E-state index in [9.17, 15) is 9.59 Å². The zero-order chi connectivity index (χ0) is 17.8. The van der Waals surface area contributed by atoms with Crippen LogP contribution in [0.2, 0.25) is 0 Å². The van der Waals surface area contributed by atoms with Crippen molar-refractivity contribution >= 4 is 34.1 Å². The van der Waals surface area contributed by atoms with Crippen molar-refractivity contribution in [2.45, 2.75) is 18.2 Å².